The van der Waals surface area contributed by atoms with Crippen LogP contribution in [0, 0.1) is 0 Å². The monoisotopic (exact) mass is 494 g/mol. The van der Waals surface area contributed by atoms with Gasteiger partial charge in [-0.05, 0) is 79.7 Å². The van der Waals surface area contributed by atoms with E-state index in [9.17, 15) is 5.11 Å². The normalized spacial score (nSPS) is 17.5. The molecule has 1 aromatic heterocycles. The van der Waals surface area contributed by atoms with Crippen molar-refractivity contribution in [1.82, 2.24) is 9.88 Å². The van der Waals surface area contributed by atoms with Crippen molar-refractivity contribution in [3.8, 4) is 11.3 Å². The van der Waals surface area contributed by atoms with Gasteiger partial charge in [-0.1, -0.05) is 52.8 Å². The average Bonchev–Trinajstić information content (AvgIpc) is 2.74. The van der Waals surface area contributed by atoms with E-state index in [1.54, 1.807) is 6.07 Å². The molecular formula is C24H22Cl4N2O. The van der Waals surface area contributed by atoms with Gasteiger partial charge >= 0.3 is 0 Å². The summed E-state index contributed by atoms with van der Waals surface area (Å²) < 4.78 is 0. The van der Waals surface area contributed by atoms with Crippen LogP contribution in [0.2, 0.25) is 20.1 Å². The summed E-state index contributed by atoms with van der Waals surface area (Å²) in [6.07, 6.45) is 4.52. The van der Waals surface area contributed by atoms with Gasteiger partial charge in [-0.3, -0.25) is 0 Å². The Morgan fingerprint density at radius 1 is 0.903 bits per heavy atom. The van der Waals surface area contributed by atoms with Gasteiger partial charge in [0.15, 0.2) is 0 Å². The number of aryl methyl sites for hydroxylation is 1. The van der Waals surface area contributed by atoms with Gasteiger partial charge in [0.25, 0.3) is 0 Å². The van der Waals surface area contributed by atoms with Gasteiger partial charge in [0, 0.05) is 22.5 Å². The van der Waals surface area contributed by atoms with Crippen LogP contribution in [0.4, 0.5) is 0 Å². The summed E-state index contributed by atoms with van der Waals surface area (Å²) >= 11 is 25.6. The van der Waals surface area contributed by atoms with E-state index in [1.807, 2.05) is 18.2 Å². The first-order valence-corrected chi connectivity index (χ1v) is 12.1. The molecule has 1 atom stereocenters. The molecule has 1 unspecified atom stereocenters. The van der Waals surface area contributed by atoms with Crippen molar-refractivity contribution in [1.29, 1.82) is 0 Å². The molecule has 162 valence electrons. The number of hydrogen-bond donors (Lipinski definition) is 1. The molecule has 5 rings (SSSR count). The fraction of sp³-hybridized carbons (Fsp3) is 0.375. The van der Waals surface area contributed by atoms with Crippen LogP contribution in [-0.4, -0.2) is 34.6 Å². The predicted octanol–water partition coefficient (Wildman–Crippen LogP) is 7.13. The molecule has 3 aromatic rings. The zero-order valence-corrected chi connectivity index (χ0v) is 19.9. The highest BCUT2D eigenvalue weighted by Crippen LogP contribution is 2.43. The van der Waals surface area contributed by atoms with Gasteiger partial charge in [0.1, 0.15) is 0 Å². The number of aliphatic hydroxyl groups is 1. The Labute approximate surface area is 201 Å². The number of rotatable bonds is 3. The third-order valence-corrected chi connectivity index (χ3v) is 7.64. The van der Waals surface area contributed by atoms with E-state index in [0.29, 0.717) is 32.2 Å². The summed E-state index contributed by atoms with van der Waals surface area (Å²) in [5.74, 6) is 0. The van der Waals surface area contributed by atoms with E-state index >= 15 is 0 Å². The first-order valence-electron chi connectivity index (χ1n) is 10.6. The quantitative estimate of drug-likeness (QED) is 0.419. The van der Waals surface area contributed by atoms with Crippen LogP contribution < -0.4 is 0 Å². The molecule has 0 spiro atoms. The Kier molecular flexibility index (Phi) is 6.11. The van der Waals surface area contributed by atoms with Gasteiger partial charge in [-0.2, -0.15) is 0 Å². The second kappa shape index (κ2) is 8.70. The maximum absolute atomic E-state index is 11.5. The molecule has 7 heteroatoms. The van der Waals surface area contributed by atoms with Crippen molar-refractivity contribution in [3.63, 3.8) is 0 Å². The molecule has 0 radical (unpaired) electrons. The molecule has 0 bridgehead atoms. The molecule has 0 amide bonds. The van der Waals surface area contributed by atoms with Crippen LogP contribution in [0.1, 0.15) is 42.1 Å². The number of pyridine rings is 1. The lowest BCUT2D eigenvalue weighted by Crippen LogP contribution is -2.34. The Morgan fingerprint density at radius 2 is 1.65 bits per heavy atom. The molecule has 2 aromatic carbocycles. The average molecular weight is 496 g/mol. The lowest BCUT2D eigenvalue weighted by Gasteiger charge is -2.31. The van der Waals surface area contributed by atoms with E-state index in [0.717, 1.165) is 59.3 Å². The summed E-state index contributed by atoms with van der Waals surface area (Å²) in [5, 5.41) is 14.3. The Bertz CT molecular complexity index is 1170. The van der Waals surface area contributed by atoms with Gasteiger partial charge < -0.3 is 10.0 Å². The second-order valence-corrected chi connectivity index (χ2v) is 10.1. The van der Waals surface area contributed by atoms with Gasteiger partial charge in [0.2, 0.25) is 0 Å². The number of aromatic nitrogens is 1. The largest absolute Gasteiger partial charge is 0.387 e. The van der Waals surface area contributed by atoms with E-state index in [4.69, 9.17) is 51.4 Å². The van der Waals surface area contributed by atoms with Crippen molar-refractivity contribution in [2.75, 3.05) is 19.6 Å². The van der Waals surface area contributed by atoms with Crippen molar-refractivity contribution in [2.24, 2.45) is 0 Å². The predicted molar refractivity (Wildman–Crippen MR) is 130 cm³/mol. The maximum Gasteiger partial charge on any atom is 0.0926 e. The number of fused-ring (bicyclic) bond motifs is 4. The number of piperidine rings is 1. The lowest BCUT2D eigenvalue weighted by molar-refractivity contribution is 0.102. The molecule has 1 N–H and O–H groups in total. The fourth-order valence-corrected chi connectivity index (χ4v) is 5.85. The smallest absolute Gasteiger partial charge is 0.0926 e. The first kappa shape index (κ1) is 21.8. The van der Waals surface area contributed by atoms with Gasteiger partial charge in [0.05, 0.1) is 32.4 Å². The summed E-state index contributed by atoms with van der Waals surface area (Å²) in [7, 11) is 0. The summed E-state index contributed by atoms with van der Waals surface area (Å²) in [6.45, 7) is 2.62. The zero-order chi connectivity index (χ0) is 21.7. The van der Waals surface area contributed by atoms with Gasteiger partial charge in [-0.15, -0.1) is 0 Å². The van der Waals surface area contributed by atoms with E-state index < -0.39 is 6.10 Å². The molecule has 31 heavy (non-hydrogen) atoms. The molecule has 3 nitrogen and oxygen atoms in total. The highest BCUT2D eigenvalue weighted by Gasteiger charge is 2.28. The van der Waals surface area contributed by atoms with Crippen LogP contribution >= 0.6 is 46.4 Å². The van der Waals surface area contributed by atoms with Crippen LogP contribution in [-0.2, 0) is 12.8 Å². The minimum Gasteiger partial charge on any atom is -0.387 e. The topological polar surface area (TPSA) is 36.4 Å². The summed E-state index contributed by atoms with van der Waals surface area (Å²) in [4.78, 5) is 7.28. The molecule has 1 fully saturated rings. The number of β-amino-alcohol motifs (C(OH)–C–C–N with tert-alkyl or cyclic N) is 1. The van der Waals surface area contributed by atoms with Crippen molar-refractivity contribution in [2.45, 2.75) is 38.2 Å². The van der Waals surface area contributed by atoms with E-state index in [-0.39, 0.29) is 0 Å². The standard InChI is InChI=1S/C24H22Cl4N2O/c25-14-9-17-22(21(31)12-30-6-2-1-3-7-30)15-5-4-13-8-18(26)19(27)11-16(13)23(15)29-24(17)20(28)10-14/h8-11,21,31H,1-7,12H2. The Morgan fingerprint density at radius 3 is 2.42 bits per heavy atom. The molecule has 1 aliphatic heterocycles. The molecule has 1 aliphatic carbocycles. The van der Waals surface area contributed by atoms with Crippen LogP contribution in [0.3, 0.4) is 0 Å². The number of likely N-dealkylation sites (tertiary alicyclic amines) is 1. The molecule has 2 heterocycles. The first-order chi connectivity index (χ1) is 14.9. The Balaban J connectivity index is 1.72. The highest BCUT2D eigenvalue weighted by atomic mass is 35.5. The molecule has 2 aliphatic rings. The van der Waals surface area contributed by atoms with Crippen LogP contribution in [0.25, 0.3) is 22.2 Å². The lowest BCUT2D eigenvalue weighted by atomic mass is 9.83. The van der Waals surface area contributed by atoms with Gasteiger partial charge in [-0.25, -0.2) is 4.98 Å². The number of benzene rings is 2. The second-order valence-electron chi connectivity index (χ2n) is 8.44. The number of halogens is 4. The minimum absolute atomic E-state index is 0.476. The van der Waals surface area contributed by atoms with Crippen LogP contribution in [0.5, 0.6) is 0 Å². The summed E-state index contributed by atoms with van der Waals surface area (Å²) in [6, 6.07) is 7.36. The van der Waals surface area contributed by atoms with Crippen LogP contribution in [0.15, 0.2) is 24.3 Å². The fourth-order valence-electron chi connectivity index (χ4n) is 4.96. The number of aliphatic hydroxyl groups excluding tert-OH is 1. The van der Waals surface area contributed by atoms with Crippen molar-refractivity contribution >= 4 is 57.3 Å². The Hall–Kier alpha value is -1.07. The minimum atomic E-state index is -0.656. The summed E-state index contributed by atoms with van der Waals surface area (Å²) in [5.41, 5.74) is 5.46. The molecule has 0 saturated carbocycles. The SMILES string of the molecule is OC(CN1CCCCC1)c1c2c(nc3c(Cl)cc(Cl)cc13)-c1cc(Cl)c(Cl)cc1CC2. The number of hydrogen-bond acceptors (Lipinski definition) is 3. The van der Waals surface area contributed by atoms with Crippen molar-refractivity contribution < 1.29 is 5.11 Å². The highest BCUT2D eigenvalue weighted by molar-refractivity contribution is 6.42. The number of nitrogens with zero attached hydrogens (tertiary/aromatic N) is 2. The maximum atomic E-state index is 11.5. The van der Waals surface area contributed by atoms with E-state index in [1.165, 1.54) is 19.3 Å². The van der Waals surface area contributed by atoms with Crippen molar-refractivity contribution in [3.05, 3.63) is 61.0 Å². The third-order valence-electron chi connectivity index (χ3n) is 6.41. The molecular weight excluding hydrogens is 474 g/mol. The third kappa shape index (κ3) is 4.06. The molecule has 1 saturated heterocycles. The van der Waals surface area contributed by atoms with E-state index in [2.05, 4.69) is 4.90 Å². The zero-order valence-electron chi connectivity index (χ0n) is 16.9.